The Balaban J connectivity index is 1.40. The molecule has 0 radical (unpaired) electrons. The highest BCUT2D eigenvalue weighted by atomic mass is 19.1. The van der Waals surface area contributed by atoms with Crippen molar-refractivity contribution in [2.45, 2.75) is 51.0 Å². The van der Waals surface area contributed by atoms with Gasteiger partial charge < -0.3 is 10.4 Å². The van der Waals surface area contributed by atoms with Crippen LogP contribution in [0.2, 0.25) is 0 Å². The van der Waals surface area contributed by atoms with Crippen molar-refractivity contribution in [2.24, 2.45) is 5.41 Å². The highest BCUT2D eigenvalue weighted by Gasteiger charge is 2.65. The lowest BCUT2D eigenvalue weighted by atomic mass is 9.66. The summed E-state index contributed by atoms with van der Waals surface area (Å²) in [7, 11) is 0. The Hall–Kier alpha value is -3.92. The molecule has 2 aliphatic rings. The van der Waals surface area contributed by atoms with Crippen molar-refractivity contribution in [1.29, 1.82) is 0 Å². The van der Waals surface area contributed by atoms with E-state index in [0.29, 0.717) is 23.8 Å². The molecular formula is C28H27F2N7O. The molecule has 8 nitrogen and oxygen atoms in total. The number of halogens is 2. The minimum absolute atomic E-state index is 0.134. The van der Waals surface area contributed by atoms with Crippen LogP contribution in [0.5, 0.6) is 0 Å². The third-order valence-electron chi connectivity index (χ3n) is 8.18. The van der Waals surface area contributed by atoms with Gasteiger partial charge in [0.1, 0.15) is 11.6 Å². The van der Waals surface area contributed by atoms with E-state index in [9.17, 15) is 13.9 Å². The summed E-state index contributed by atoms with van der Waals surface area (Å²) in [6.07, 6.45) is 7.98. The number of nitrogens with one attached hydrogen (secondary N) is 1. The molecule has 0 amide bonds. The van der Waals surface area contributed by atoms with Crippen molar-refractivity contribution in [1.82, 2.24) is 30.1 Å². The molecule has 2 bridgehead atoms. The molecule has 194 valence electrons. The van der Waals surface area contributed by atoms with E-state index < -0.39 is 23.2 Å². The predicted octanol–water partition coefficient (Wildman–Crippen LogP) is 4.66. The van der Waals surface area contributed by atoms with E-state index in [4.69, 9.17) is 4.98 Å². The lowest BCUT2D eigenvalue weighted by molar-refractivity contribution is 0.208. The average Bonchev–Trinajstić information content (AvgIpc) is 3.28. The lowest BCUT2D eigenvalue weighted by Gasteiger charge is -2.37. The fourth-order valence-corrected chi connectivity index (χ4v) is 6.26. The monoisotopic (exact) mass is 515 g/mol. The zero-order chi connectivity index (χ0) is 26.7. The molecule has 0 aliphatic heterocycles. The van der Waals surface area contributed by atoms with Crippen LogP contribution in [0.25, 0.3) is 22.5 Å². The van der Waals surface area contributed by atoms with Gasteiger partial charge in [-0.1, -0.05) is 19.9 Å². The quantitative estimate of drug-likeness (QED) is 0.382. The van der Waals surface area contributed by atoms with Crippen molar-refractivity contribution >= 4 is 5.95 Å². The molecule has 10 heteroatoms. The van der Waals surface area contributed by atoms with Gasteiger partial charge in [0.05, 0.1) is 46.1 Å². The van der Waals surface area contributed by atoms with E-state index in [1.54, 1.807) is 37.8 Å². The molecule has 38 heavy (non-hydrogen) atoms. The normalized spacial score (nSPS) is 21.8. The smallest absolute Gasteiger partial charge is 0.222 e. The summed E-state index contributed by atoms with van der Waals surface area (Å²) in [5.41, 5.74) is 3.08. The molecule has 0 saturated heterocycles. The van der Waals surface area contributed by atoms with Crippen molar-refractivity contribution < 1.29 is 13.9 Å². The minimum atomic E-state index is -0.663. The van der Waals surface area contributed by atoms with Gasteiger partial charge >= 0.3 is 0 Å². The highest BCUT2D eigenvalue weighted by molar-refractivity contribution is 5.64. The summed E-state index contributed by atoms with van der Waals surface area (Å²) in [6.45, 7) is 6.41. The number of fused-ring (bicyclic) bond motifs is 5. The van der Waals surface area contributed by atoms with Crippen LogP contribution >= 0.6 is 0 Å². The van der Waals surface area contributed by atoms with Gasteiger partial charge in [0.15, 0.2) is 0 Å². The van der Waals surface area contributed by atoms with Gasteiger partial charge in [-0.3, -0.25) is 4.98 Å². The van der Waals surface area contributed by atoms with Crippen LogP contribution in [0.1, 0.15) is 56.5 Å². The SMILES string of the molecule is CC(O)CNc1ncc(-c2cncc([C@@]34CC[C@@H](c5cc(-c6c(F)cccc6F)nnc53)C4(C)C)n2)cn1. The second-order valence-corrected chi connectivity index (χ2v) is 10.7. The first-order valence-electron chi connectivity index (χ1n) is 12.6. The lowest BCUT2D eigenvalue weighted by Crippen LogP contribution is -2.38. The fraction of sp³-hybridized carbons (Fsp3) is 0.357. The van der Waals surface area contributed by atoms with Gasteiger partial charge in [0.2, 0.25) is 5.95 Å². The van der Waals surface area contributed by atoms with E-state index in [1.807, 2.05) is 0 Å². The van der Waals surface area contributed by atoms with Crippen LogP contribution in [-0.4, -0.2) is 47.9 Å². The van der Waals surface area contributed by atoms with Crippen molar-refractivity contribution in [3.05, 3.63) is 77.6 Å². The Labute approximate surface area is 218 Å². The Morgan fingerprint density at radius 1 is 1.05 bits per heavy atom. The van der Waals surface area contributed by atoms with Crippen LogP contribution in [0.4, 0.5) is 14.7 Å². The van der Waals surface area contributed by atoms with Crippen LogP contribution < -0.4 is 5.32 Å². The zero-order valence-corrected chi connectivity index (χ0v) is 21.3. The summed E-state index contributed by atoms with van der Waals surface area (Å²) >= 11 is 0. The molecule has 1 saturated carbocycles. The van der Waals surface area contributed by atoms with Crippen LogP contribution in [0.3, 0.4) is 0 Å². The number of aromatic nitrogens is 6. The third kappa shape index (κ3) is 3.58. The number of aliphatic hydroxyl groups excluding tert-OH is 1. The van der Waals surface area contributed by atoms with Crippen LogP contribution in [-0.2, 0) is 5.41 Å². The summed E-state index contributed by atoms with van der Waals surface area (Å²) in [6, 6.07) is 5.59. The molecule has 1 fully saturated rings. The maximum atomic E-state index is 14.5. The van der Waals surface area contributed by atoms with E-state index in [-0.39, 0.29) is 22.6 Å². The average molecular weight is 516 g/mol. The first kappa shape index (κ1) is 24.4. The van der Waals surface area contributed by atoms with Crippen LogP contribution in [0.15, 0.2) is 49.1 Å². The molecule has 6 rings (SSSR count). The number of hydrogen-bond donors (Lipinski definition) is 2. The van der Waals surface area contributed by atoms with Gasteiger partial charge in [-0.05, 0) is 54.9 Å². The van der Waals surface area contributed by atoms with E-state index in [0.717, 1.165) is 29.8 Å². The number of hydrogen-bond acceptors (Lipinski definition) is 8. The molecule has 2 N–H and O–H groups in total. The second-order valence-electron chi connectivity index (χ2n) is 10.7. The topological polar surface area (TPSA) is 110 Å². The number of rotatable bonds is 6. The van der Waals surface area contributed by atoms with Crippen molar-refractivity contribution in [3.8, 4) is 22.5 Å². The molecule has 1 aromatic carbocycles. The fourth-order valence-electron chi connectivity index (χ4n) is 6.26. The number of benzene rings is 1. The van der Waals surface area contributed by atoms with E-state index >= 15 is 0 Å². The second kappa shape index (κ2) is 8.83. The number of aliphatic hydroxyl groups is 1. The molecule has 4 aromatic rings. The zero-order valence-electron chi connectivity index (χ0n) is 21.3. The maximum Gasteiger partial charge on any atom is 0.222 e. The molecule has 2 aliphatic carbocycles. The summed E-state index contributed by atoms with van der Waals surface area (Å²) < 4.78 is 29.1. The molecule has 3 atom stereocenters. The molecule has 3 aromatic heterocycles. The Morgan fingerprint density at radius 3 is 2.50 bits per heavy atom. The number of anilines is 1. The summed E-state index contributed by atoms with van der Waals surface area (Å²) in [5, 5.41) is 21.3. The standard InChI is InChI=1S/C28H27F2N7O/c1-15(38)10-32-26-33-11-16(12-34-26)22-13-31-14-23(35-22)28-8-7-18(27(28,2)3)17-9-21(36-37-25(17)28)24-19(29)5-4-6-20(24)30/h4-6,9,11-15,18,38H,7-8,10H2,1-3H3,(H,32,33,34)/t15?,18-,28-/m0/s1. The molecular weight excluding hydrogens is 488 g/mol. The van der Waals surface area contributed by atoms with Gasteiger partial charge in [0.25, 0.3) is 0 Å². The van der Waals surface area contributed by atoms with Crippen molar-refractivity contribution in [2.75, 3.05) is 11.9 Å². The van der Waals surface area contributed by atoms with E-state index in [2.05, 4.69) is 44.3 Å². The minimum Gasteiger partial charge on any atom is -0.392 e. The largest absolute Gasteiger partial charge is 0.392 e. The Morgan fingerprint density at radius 2 is 1.79 bits per heavy atom. The maximum absolute atomic E-state index is 14.5. The van der Waals surface area contributed by atoms with Gasteiger partial charge in [0, 0.05) is 30.7 Å². The Bertz CT molecular complexity index is 1510. The van der Waals surface area contributed by atoms with Crippen molar-refractivity contribution in [3.63, 3.8) is 0 Å². The third-order valence-corrected chi connectivity index (χ3v) is 8.18. The first-order chi connectivity index (χ1) is 18.2. The molecule has 1 unspecified atom stereocenters. The predicted molar refractivity (Wildman–Crippen MR) is 137 cm³/mol. The first-order valence-corrected chi connectivity index (χ1v) is 12.6. The van der Waals surface area contributed by atoms with Gasteiger partial charge in [-0.25, -0.2) is 23.7 Å². The van der Waals surface area contributed by atoms with E-state index in [1.165, 1.54) is 18.2 Å². The summed E-state index contributed by atoms with van der Waals surface area (Å²) in [4.78, 5) is 18.2. The Kier molecular flexibility index (Phi) is 5.68. The highest BCUT2D eigenvalue weighted by Crippen LogP contribution is 2.69. The van der Waals surface area contributed by atoms with Crippen LogP contribution in [0, 0.1) is 17.0 Å². The van der Waals surface area contributed by atoms with Gasteiger partial charge in [-0.2, -0.15) is 5.10 Å². The molecule has 3 heterocycles. The summed E-state index contributed by atoms with van der Waals surface area (Å²) in [5.74, 6) is -0.776. The number of nitrogens with zero attached hydrogens (tertiary/aromatic N) is 6. The molecule has 0 spiro atoms. The van der Waals surface area contributed by atoms with Gasteiger partial charge in [-0.15, -0.1) is 5.10 Å².